The number of H-pyrrole nitrogens is 2. The van der Waals surface area contributed by atoms with Gasteiger partial charge in [0.05, 0.1) is 13.4 Å². The number of amides is 1. The molecule has 0 radical (unpaired) electrons. The number of aromatic amines is 2. The van der Waals surface area contributed by atoms with E-state index in [1.54, 1.807) is 13.4 Å². The molecule has 0 bridgehead atoms. The van der Waals surface area contributed by atoms with Crippen molar-refractivity contribution in [1.29, 1.82) is 0 Å². The fourth-order valence-electron chi connectivity index (χ4n) is 4.34. The highest BCUT2D eigenvalue weighted by Gasteiger charge is 2.27. The zero-order valence-corrected chi connectivity index (χ0v) is 18.4. The number of benzene rings is 1. The van der Waals surface area contributed by atoms with E-state index in [1.165, 1.54) is 5.56 Å². The molecule has 0 aliphatic carbocycles. The molecule has 5 rings (SSSR count). The number of rotatable bonds is 6. The number of aromatic nitrogens is 5. The minimum Gasteiger partial charge on any atom is -0.497 e. The minimum atomic E-state index is -0.00644. The van der Waals surface area contributed by atoms with Gasteiger partial charge in [0.15, 0.2) is 11.5 Å². The van der Waals surface area contributed by atoms with E-state index in [2.05, 4.69) is 35.1 Å². The van der Waals surface area contributed by atoms with Gasteiger partial charge in [0.25, 0.3) is 0 Å². The zero-order valence-electron chi connectivity index (χ0n) is 17.7. The van der Waals surface area contributed by atoms with Crippen molar-refractivity contribution in [3.63, 3.8) is 0 Å². The molecule has 3 N–H and O–H groups in total. The van der Waals surface area contributed by atoms with Gasteiger partial charge >= 0.3 is 0 Å². The van der Waals surface area contributed by atoms with Crippen LogP contribution in [0.15, 0.2) is 30.7 Å². The first kappa shape index (κ1) is 20.6. The zero-order chi connectivity index (χ0) is 22.1. The van der Waals surface area contributed by atoms with Crippen LogP contribution in [-0.4, -0.2) is 57.6 Å². The maximum Gasteiger partial charge on any atom is 0.226 e. The molecular weight excluding hydrogens is 430 g/mol. The average Bonchev–Trinajstić information content (AvgIpc) is 3.45. The van der Waals surface area contributed by atoms with E-state index in [0.29, 0.717) is 12.2 Å². The quantitative estimate of drug-likeness (QED) is 0.387. The van der Waals surface area contributed by atoms with E-state index in [9.17, 15) is 4.79 Å². The molecule has 0 spiro atoms. The van der Waals surface area contributed by atoms with Crippen LogP contribution >= 0.6 is 11.6 Å². The molecule has 1 amide bonds. The summed E-state index contributed by atoms with van der Waals surface area (Å²) < 4.78 is 5.27. The molecule has 1 fully saturated rings. The molecule has 4 aromatic rings. The number of methoxy groups -OCH3 is 1. The van der Waals surface area contributed by atoms with Crippen molar-refractivity contribution >= 4 is 45.4 Å². The molecular formula is C22H24ClN7O2. The Morgan fingerprint density at radius 1 is 1.28 bits per heavy atom. The van der Waals surface area contributed by atoms with Gasteiger partial charge in [-0.1, -0.05) is 0 Å². The molecule has 9 nitrogen and oxygen atoms in total. The Balaban J connectivity index is 1.15. The number of carbonyl (C=O) groups is 1. The molecule has 166 valence electrons. The van der Waals surface area contributed by atoms with E-state index < -0.39 is 0 Å². The number of carbonyl (C=O) groups excluding carboxylic acids is 1. The summed E-state index contributed by atoms with van der Waals surface area (Å²) in [6.07, 6.45) is 5.88. The number of nitrogens with one attached hydrogen (secondary N) is 3. The van der Waals surface area contributed by atoms with Gasteiger partial charge in [0, 0.05) is 48.7 Å². The van der Waals surface area contributed by atoms with Crippen LogP contribution in [0.5, 0.6) is 5.75 Å². The number of hydrogen-bond acceptors (Lipinski definition) is 6. The van der Waals surface area contributed by atoms with Gasteiger partial charge in [-0.15, -0.1) is 0 Å². The largest absolute Gasteiger partial charge is 0.497 e. The molecule has 1 aliphatic heterocycles. The molecule has 10 heteroatoms. The van der Waals surface area contributed by atoms with Gasteiger partial charge in [-0.2, -0.15) is 9.97 Å². The first-order valence-corrected chi connectivity index (χ1v) is 11.0. The number of nitrogens with zero attached hydrogens (tertiary/aromatic N) is 4. The second-order valence-electron chi connectivity index (χ2n) is 7.95. The van der Waals surface area contributed by atoms with E-state index in [-0.39, 0.29) is 17.1 Å². The Morgan fingerprint density at radius 2 is 2.12 bits per heavy atom. The lowest BCUT2D eigenvalue weighted by Gasteiger charge is -2.32. The highest BCUT2D eigenvalue weighted by molar-refractivity contribution is 6.28. The van der Waals surface area contributed by atoms with Gasteiger partial charge in [0.2, 0.25) is 11.2 Å². The van der Waals surface area contributed by atoms with E-state index >= 15 is 0 Å². The van der Waals surface area contributed by atoms with E-state index in [0.717, 1.165) is 60.3 Å². The van der Waals surface area contributed by atoms with Crippen molar-refractivity contribution in [1.82, 2.24) is 30.2 Å². The second kappa shape index (κ2) is 8.66. The molecule has 0 unspecified atom stereocenters. The Morgan fingerprint density at radius 3 is 2.94 bits per heavy atom. The first-order chi connectivity index (χ1) is 15.6. The lowest BCUT2D eigenvalue weighted by molar-refractivity contribution is -0.125. The summed E-state index contributed by atoms with van der Waals surface area (Å²) in [5, 5.41) is 4.44. The standard InChI is InChI=1S/C22H24ClN7O2/c1-32-15-2-3-16-14(11-25-17(16)10-15)4-7-24-21(31)13-5-8-30(9-6-13)20-18-19(27-12-26-18)28-22(23)29-20/h2-3,10-13,25H,4-9H2,1H3,(H,24,31)(H,26,27,28,29). The average molecular weight is 454 g/mol. The fraction of sp³-hybridized carbons (Fsp3) is 0.364. The van der Waals surface area contributed by atoms with Gasteiger partial charge < -0.3 is 24.9 Å². The summed E-state index contributed by atoms with van der Waals surface area (Å²) in [6.45, 7) is 2.06. The van der Waals surface area contributed by atoms with E-state index in [1.807, 2.05) is 24.4 Å². The molecule has 32 heavy (non-hydrogen) atoms. The van der Waals surface area contributed by atoms with Crippen molar-refractivity contribution in [3.05, 3.63) is 41.6 Å². The predicted molar refractivity (Wildman–Crippen MR) is 123 cm³/mol. The van der Waals surface area contributed by atoms with Gasteiger partial charge in [-0.05, 0) is 48.6 Å². The van der Waals surface area contributed by atoms with Crippen LogP contribution in [-0.2, 0) is 11.2 Å². The van der Waals surface area contributed by atoms with Gasteiger partial charge in [-0.3, -0.25) is 4.79 Å². The Bertz CT molecular complexity index is 1260. The molecule has 3 aromatic heterocycles. The van der Waals surface area contributed by atoms with Crippen molar-refractivity contribution in [2.75, 3.05) is 31.6 Å². The van der Waals surface area contributed by atoms with Crippen LogP contribution in [0.2, 0.25) is 5.28 Å². The smallest absolute Gasteiger partial charge is 0.226 e. The lowest BCUT2D eigenvalue weighted by Crippen LogP contribution is -2.41. The summed E-state index contributed by atoms with van der Waals surface area (Å²) in [5.74, 6) is 1.67. The third kappa shape index (κ3) is 3.95. The van der Waals surface area contributed by atoms with Crippen LogP contribution in [0.3, 0.4) is 0 Å². The number of fused-ring (bicyclic) bond motifs is 2. The predicted octanol–water partition coefficient (Wildman–Crippen LogP) is 3.07. The summed E-state index contributed by atoms with van der Waals surface area (Å²) in [7, 11) is 1.66. The van der Waals surface area contributed by atoms with Crippen molar-refractivity contribution in [2.24, 2.45) is 5.92 Å². The van der Waals surface area contributed by atoms with Crippen molar-refractivity contribution < 1.29 is 9.53 Å². The first-order valence-electron chi connectivity index (χ1n) is 10.7. The summed E-state index contributed by atoms with van der Waals surface area (Å²) >= 11 is 6.05. The Hall–Kier alpha value is -3.33. The molecule has 1 saturated heterocycles. The SMILES string of the molecule is COc1ccc2c(CCNC(=O)C3CCN(c4nc(Cl)nc5nc[nH]c45)CC3)c[nH]c2c1. The van der Waals surface area contributed by atoms with Crippen LogP contribution in [0.1, 0.15) is 18.4 Å². The number of anilines is 1. The van der Waals surface area contributed by atoms with Crippen molar-refractivity contribution in [3.8, 4) is 5.75 Å². The molecule has 1 aromatic carbocycles. The van der Waals surface area contributed by atoms with Gasteiger partial charge in [0.1, 0.15) is 11.3 Å². The third-order valence-electron chi connectivity index (χ3n) is 6.07. The number of piperidine rings is 1. The highest BCUT2D eigenvalue weighted by Crippen LogP contribution is 2.28. The second-order valence-corrected chi connectivity index (χ2v) is 8.28. The number of ether oxygens (including phenoxy) is 1. The number of halogens is 1. The summed E-state index contributed by atoms with van der Waals surface area (Å²) in [5.41, 5.74) is 3.54. The Kier molecular flexibility index (Phi) is 5.57. The van der Waals surface area contributed by atoms with Crippen molar-refractivity contribution in [2.45, 2.75) is 19.3 Å². The fourth-order valence-corrected chi connectivity index (χ4v) is 4.50. The van der Waals surface area contributed by atoms with Crippen LogP contribution in [0.25, 0.3) is 22.1 Å². The molecule has 0 saturated carbocycles. The summed E-state index contributed by atoms with van der Waals surface area (Å²) in [4.78, 5) is 33.9. The minimum absolute atomic E-state index is 0.00644. The molecule has 1 aliphatic rings. The normalized spacial score (nSPS) is 14.9. The lowest BCUT2D eigenvalue weighted by atomic mass is 9.95. The number of imidazole rings is 1. The Labute approximate surface area is 189 Å². The molecule has 4 heterocycles. The molecule has 0 atom stereocenters. The van der Waals surface area contributed by atoms with Crippen LogP contribution in [0, 0.1) is 5.92 Å². The monoisotopic (exact) mass is 453 g/mol. The van der Waals surface area contributed by atoms with Crippen LogP contribution < -0.4 is 15.0 Å². The van der Waals surface area contributed by atoms with Crippen LogP contribution in [0.4, 0.5) is 5.82 Å². The van der Waals surface area contributed by atoms with Gasteiger partial charge in [-0.25, -0.2) is 4.98 Å². The van der Waals surface area contributed by atoms with E-state index in [4.69, 9.17) is 16.3 Å². The summed E-state index contributed by atoms with van der Waals surface area (Å²) in [6, 6.07) is 5.98. The highest BCUT2D eigenvalue weighted by atomic mass is 35.5. The number of hydrogen-bond donors (Lipinski definition) is 3. The third-order valence-corrected chi connectivity index (χ3v) is 6.24. The topological polar surface area (TPSA) is 112 Å². The maximum absolute atomic E-state index is 12.7. The maximum atomic E-state index is 12.7.